The highest BCUT2D eigenvalue weighted by molar-refractivity contribution is 8.00. The Morgan fingerprint density at radius 1 is 1.11 bits per heavy atom. The molecule has 0 aliphatic carbocycles. The number of phenolic OH excluding ortho intramolecular Hbond substituents is 1. The largest absolute Gasteiger partial charge is 0.508 e. The smallest absolute Gasteiger partial charge is 0.319 e. The molecule has 4 fully saturated rings. The Hall–Kier alpha value is -3.68. The van der Waals surface area contributed by atoms with Crippen molar-refractivity contribution in [2.75, 3.05) is 43.4 Å². The van der Waals surface area contributed by atoms with Crippen LogP contribution >= 0.6 is 11.8 Å². The van der Waals surface area contributed by atoms with E-state index in [1.54, 1.807) is 24.4 Å². The maximum Gasteiger partial charge on any atom is 0.319 e. The molecular formula is C35H35F2N5O2S. The van der Waals surface area contributed by atoms with Crippen LogP contribution in [-0.2, 0) is 0 Å². The highest BCUT2D eigenvalue weighted by Crippen LogP contribution is 2.47. The number of benzene rings is 2. The van der Waals surface area contributed by atoms with Gasteiger partial charge in [-0.2, -0.15) is 21.7 Å². The quantitative estimate of drug-likeness (QED) is 0.252. The zero-order valence-electron chi connectivity index (χ0n) is 25.1. The molecule has 10 heteroatoms. The van der Waals surface area contributed by atoms with Crippen molar-refractivity contribution in [3.05, 3.63) is 47.9 Å². The SMILES string of the molecule is C#Cc1cccc2cc(O)cc(-c3ncc4c(N5CCC6(CCCS6)CC5)nc(OC[C@@]56CCCN5C[C@H](F)C6)nc4c3F)c12. The highest BCUT2D eigenvalue weighted by atomic mass is 32.2. The molecule has 0 unspecified atom stereocenters. The fourth-order valence-electron chi connectivity index (χ4n) is 8.16. The van der Waals surface area contributed by atoms with Gasteiger partial charge in [0.2, 0.25) is 0 Å². The van der Waals surface area contributed by atoms with E-state index in [2.05, 4.69) is 37.5 Å². The highest BCUT2D eigenvalue weighted by Gasteiger charge is 2.49. The summed E-state index contributed by atoms with van der Waals surface area (Å²) in [6, 6.07) is 8.60. The number of alkyl halides is 1. The van der Waals surface area contributed by atoms with Crippen LogP contribution in [0.2, 0.25) is 0 Å². The number of fused-ring (bicyclic) bond motifs is 3. The molecule has 4 aliphatic rings. The molecule has 0 radical (unpaired) electrons. The van der Waals surface area contributed by atoms with Crippen LogP contribution < -0.4 is 9.64 Å². The average Bonchev–Trinajstić information content (AvgIpc) is 3.74. The van der Waals surface area contributed by atoms with Gasteiger partial charge in [0.15, 0.2) is 5.82 Å². The Labute approximate surface area is 265 Å². The van der Waals surface area contributed by atoms with Crippen LogP contribution in [0.5, 0.6) is 11.8 Å². The van der Waals surface area contributed by atoms with E-state index in [0.717, 1.165) is 45.3 Å². The topological polar surface area (TPSA) is 74.6 Å². The fourth-order valence-corrected chi connectivity index (χ4v) is 9.64. The molecule has 1 spiro atoms. The number of hydrogen-bond donors (Lipinski definition) is 1. The number of ether oxygens (including phenoxy) is 1. The van der Waals surface area contributed by atoms with Crippen molar-refractivity contribution >= 4 is 39.3 Å². The standard InChI is InChI=1S/C35H35F2N5O2S/c1-2-22-6-3-7-23-16-25(43)17-26(28(22)23)30-29(37)31-27(19-38-30)32(41-13-10-35(11-14-41)9-5-15-45-35)40-33(39-31)44-21-34-8-4-12-42(34)20-24(36)18-34/h1,3,6-7,16-17,19,24,43H,4-5,8-15,18,20-21H2/t24-,34+/m1/s1. The van der Waals surface area contributed by atoms with Crippen molar-refractivity contribution in [1.82, 2.24) is 19.9 Å². The van der Waals surface area contributed by atoms with E-state index in [4.69, 9.17) is 16.1 Å². The van der Waals surface area contributed by atoms with Gasteiger partial charge in [0.1, 0.15) is 35.6 Å². The number of thioether (sulfide) groups is 1. The number of anilines is 1. The van der Waals surface area contributed by atoms with E-state index >= 15 is 4.39 Å². The maximum absolute atomic E-state index is 16.8. The molecule has 4 saturated heterocycles. The molecule has 4 aliphatic heterocycles. The molecule has 45 heavy (non-hydrogen) atoms. The van der Waals surface area contributed by atoms with Crippen LogP contribution in [0.25, 0.3) is 32.9 Å². The molecule has 2 atom stereocenters. The molecule has 8 rings (SSSR count). The van der Waals surface area contributed by atoms with Crippen molar-refractivity contribution in [1.29, 1.82) is 0 Å². The lowest BCUT2D eigenvalue weighted by atomic mass is 9.91. The Morgan fingerprint density at radius 2 is 1.98 bits per heavy atom. The van der Waals surface area contributed by atoms with E-state index < -0.39 is 12.0 Å². The summed E-state index contributed by atoms with van der Waals surface area (Å²) in [5.41, 5.74) is 0.716. The molecule has 232 valence electrons. The summed E-state index contributed by atoms with van der Waals surface area (Å²) < 4.78 is 37.9. The van der Waals surface area contributed by atoms with Crippen LogP contribution in [0, 0.1) is 18.2 Å². The minimum atomic E-state index is -0.882. The van der Waals surface area contributed by atoms with Gasteiger partial charge in [-0.15, -0.1) is 6.42 Å². The fraction of sp³-hybridized carbons (Fsp3) is 0.457. The first-order valence-electron chi connectivity index (χ1n) is 15.9. The van der Waals surface area contributed by atoms with Crippen molar-refractivity contribution in [3.63, 3.8) is 0 Å². The second-order valence-corrected chi connectivity index (χ2v) is 14.6. The third kappa shape index (κ3) is 4.86. The monoisotopic (exact) mass is 627 g/mol. The normalized spacial score (nSPS) is 24.5. The van der Waals surface area contributed by atoms with E-state index in [1.165, 1.54) is 24.7 Å². The lowest BCUT2D eigenvalue weighted by Gasteiger charge is -2.39. The zero-order valence-corrected chi connectivity index (χ0v) is 25.9. The van der Waals surface area contributed by atoms with Crippen LogP contribution in [-0.4, -0.2) is 80.0 Å². The summed E-state index contributed by atoms with van der Waals surface area (Å²) in [5.74, 6) is 3.84. The van der Waals surface area contributed by atoms with Gasteiger partial charge in [0.25, 0.3) is 0 Å². The first kappa shape index (κ1) is 28.8. The molecule has 2 aromatic carbocycles. The van der Waals surface area contributed by atoms with E-state index in [1.807, 2.05) is 6.07 Å². The summed E-state index contributed by atoms with van der Waals surface area (Å²) in [5, 5.41) is 12.4. The molecule has 0 saturated carbocycles. The predicted molar refractivity (Wildman–Crippen MR) is 174 cm³/mol. The van der Waals surface area contributed by atoms with E-state index in [0.29, 0.717) is 50.8 Å². The van der Waals surface area contributed by atoms with Crippen LogP contribution in [0.4, 0.5) is 14.6 Å². The number of phenols is 1. The Balaban J connectivity index is 1.24. The molecule has 6 heterocycles. The van der Waals surface area contributed by atoms with Gasteiger partial charge in [-0.25, -0.2) is 8.78 Å². The van der Waals surface area contributed by atoms with Crippen molar-refractivity contribution < 1.29 is 18.6 Å². The summed E-state index contributed by atoms with van der Waals surface area (Å²) in [6.07, 6.45) is 13.4. The number of nitrogens with zero attached hydrogens (tertiary/aromatic N) is 5. The molecule has 1 N–H and O–H groups in total. The summed E-state index contributed by atoms with van der Waals surface area (Å²) in [4.78, 5) is 18.5. The molecule has 0 bridgehead atoms. The van der Waals surface area contributed by atoms with Crippen molar-refractivity contribution in [2.45, 2.75) is 61.4 Å². The van der Waals surface area contributed by atoms with Crippen molar-refractivity contribution in [2.24, 2.45) is 0 Å². The summed E-state index contributed by atoms with van der Waals surface area (Å²) in [6.45, 7) is 3.11. The molecule has 4 aromatic rings. The molecule has 0 amide bonds. The first-order chi connectivity index (χ1) is 21.9. The van der Waals surface area contributed by atoms with Gasteiger partial charge < -0.3 is 14.7 Å². The lowest BCUT2D eigenvalue weighted by molar-refractivity contribution is 0.107. The maximum atomic E-state index is 16.8. The lowest BCUT2D eigenvalue weighted by Crippen LogP contribution is -2.43. The first-order valence-corrected chi connectivity index (χ1v) is 16.9. The number of piperidine rings is 1. The van der Waals surface area contributed by atoms with Gasteiger partial charge in [-0.3, -0.25) is 9.88 Å². The summed E-state index contributed by atoms with van der Waals surface area (Å²) in [7, 11) is 0. The van der Waals surface area contributed by atoms with Crippen LogP contribution in [0.3, 0.4) is 0 Å². The number of hydrogen-bond acceptors (Lipinski definition) is 8. The van der Waals surface area contributed by atoms with Gasteiger partial charge in [0.05, 0.1) is 10.9 Å². The van der Waals surface area contributed by atoms with Gasteiger partial charge in [-0.05, 0) is 74.4 Å². The minimum Gasteiger partial charge on any atom is -0.508 e. The number of aromatic nitrogens is 3. The van der Waals surface area contributed by atoms with Gasteiger partial charge in [-0.1, -0.05) is 18.1 Å². The zero-order chi connectivity index (χ0) is 30.8. The van der Waals surface area contributed by atoms with E-state index in [-0.39, 0.29) is 35.1 Å². The second-order valence-electron chi connectivity index (χ2n) is 13.0. The average molecular weight is 628 g/mol. The Morgan fingerprint density at radius 3 is 2.78 bits per heavy atom. The van der Waals surface area contributed by atoms with Gasteiger partial charge >= 0.3 is 6.01 Å². The van der Waals surface area contributed by atoms with Crippen LogP contribution in [0.1, 0.15) is 50.5 Å². The number of terminal acetylenes is 1. The number of aromatic hydroxyl groups is 1. The molecular weight excluding hydrogens is 592 g/mol. The Bertz CT molecular complexity index is 1850. The second kappa shape index (κ2) is 11.0. The summed E-state index contributed by atoms with van der Waals surface area (Å²) >= 11 is 2.08. The molecule has 2 aromatic heterocycles. The number of rotatable bonds is 5. The van der Waals surface area contributed by atoms with E-state index in [9.17, 15) is 9.50 Å². The number of halogens is 2. The van der Waals surface area contributed by atoms with Crippen molar-refractivity contribution in [3.8, 4) is 35.4 Å². The predicted octanol–water partition coefficient (Wildman–Crippen LogP) is 6.49. The third-order valence-electron chi connectivity index (χ3n) is 10.4. The van der Waals surface area contributed by atoms with Crippen LogP contribution in [0.15, 0.2) is 36.5 Å². The minimum absolute atomic E-state index is 0.0181. The Kier molecular flexibility index (Phi) is 7.03. The third-order valence-corrected chi connectivity index (χ3v) is 12.1. The van der Waals surface area contributed by atoms with Gasteiger partial charge in [0, 0.05) is 53.5 Å². The molecule has 7 nitrogen and oxygen atoms in total. The number of pyridine rings is 1.